The van der Waals surface area contributed by atoms with Gasteiger partial charge in [-0.2, -0.15) is 0 Å². The van der Waals surface area contributed by atoms with Gasteiger partial charge in [-0.3, -0.25) is 14.5 Å². The third kappa shape index (κ3) is 4.45. The first-order chi connectivity index (χ1) is 12.9. The number of hydrogen-bond donors (Lipinski definition) is 2. The maximum atomic E-state index is 12.9. The largest absolute Gasteiger partial charge is 0.396 e. The number of hydrogen-bond acceptors (Lipinski definition) is 4. The lowest BCUT2D eigenvalue weighted by molar-refractivity contribution is -0.156. The number of amides is 2. The molecule has 0 unspecified atom stereocenters. The molecule has 2 saturated heterocycles. The van der Waals surface area contributed by atoms with Crippen LogP contribution in [0.2, 0.25) is 5.02 Å². The van der Waals surface area contributed by atoms with Crippen LogP contribution < -0.4 is 5.32 Å². The molecule has 1 aromatic rings. The third-order valence-corrected chi connectivity index (χ3v) is 5.91. The Morgan fingerprint density at radius 1 is 1.30 bits per heavy atom. The van der Waals surface area contributed by atoms with Crippen molar-refractivity contribution < 1.29 is 14.7 Å². The number of nitrogens with zero attached hydrogens (tertiary/aromatic N) is 2. The van der Waals surface area contributed by atoms with E-state index in [1.165, 1.54) is 0 Å². The number of aliphatic hydroxyl groups is 1. The van der Waals surface area contributed by atoms with Gasteiger partial charge in [-0.15, -0.1) is 0 Å². The Labute approximate surface area is 165 Å². The Hall–Kier alpha value is -1.63. The van der Waals surface area contributed by atoms with E-state index >= 15 is 0 Å². The molecule has 3 rings (SSSR count). The van der Waals surface area contributed by atoms with Gasteiger partial charge in [-0.1, -0.05) is 23.7 Å². The van der Waals surface area contributed by atoms with E-state index in [0.29, 0.717) is 37.5 Å². The van der Waals surface area contributed by atoms with E-state index in [4.69, 9.17) is 16.7 Å². The first-order valence-electron chi connectivity index (χ1n) is 9.58. The summed E-state index contributed by atoms with van der Waals surface area (Å²) in [6, 6.07) is 7.45. The molecule has 0 radical (unpaired) electrons. The normalized spacial score (nSPS) is 21.7. The molecule has 0 bridgehead atoms. The lowest BCUT2D eigenvalue weighted by Crippen LogP contribution is -2.67. The van der Waals surface area contributed by atoms with E-state index in [-0.39, 0.29) is 24.5 Å². The summed E-state index contributed by atoms with van der Waals surface area (Å²) in [5, 5.41) is 12.5. The SMILES string of the molecule is CN1CCC[C@H]1C(=O)N1CC(Cc2ccc(Cl)cc2)(C(=O)NCCCO)C1. The zero-order chi connectivity index (χ0) is 19.4. The van der Waals surface area contributed by atoms with Crippen LogP contribution in [0, 0.1) is 5.41 Å². The summed E-state index contributed by atoms with van der Waals surface area (Å²) in [6.07, 6.45) is 3.02. The van der Waals surface area contributed by atoms with Gasteiger partial charge < -0.3 is 15.3 Å². The predicted molar refractivity (Wildman–Crippen MR) is 105 cm³/mol. The van der Waals surface area contributed by atoms with Crippen molar-refractivity contribution in [2.75, 3.05) is 39.8 Å². The van der Waals surface area contributed by atoms with Crippen LogP contribution in [0.4, 0.5) is 0 Å². The van der Waals surface area contributed by atoms with Crippen LogP contribution in [-0.4, -0.2) is 72.6 Å². The molecule has 2 aliphatic rings. The van der Waals surface area contributed by atoms with Crippen molar-refractivity contribution in [2.24, 2.45) is 5.41 Å². The Morgan fingerprint density at radius 2 is 2.00 bits per heavy atom. The van der Waals surface area contributed by atoms with Crippen molar-refractivity contribution in [2.45, 2.75) is 31.7 Å². The second kappa shape index (κ2) is 8.59. The standard InChI is InChI=1S/C20H28ClN3O3/c1-23-10-2-4-17(23)18(26)24-13-20(14-24,19(27)22-9-3-11-25)12-15-5-7-16(21)8-6-15/h5-8,17,25H,2-4,9-14H2,1H3,(H,22,27)/t17-/m0/s1. The van der Waals surface area contributed by atoms with Gasteiger partial charge in [0.05, 0.1) is 11.5 Å². The number of benzene rings is 1. The van der Waals surface area contributed by atoms with Crippen molar-refractivity contribution in [3.05, 3.63) is 34.9 Å². The maximum absolute atomic E-state index is 12.9. The second-order valence-corrected chi connectivity index (χ2v) is 8.19. The molecule has 148 valence electrons. The molecule has 6 nitrogen and oxygen atoms in total. The molecule has 2 heterocycles. The zero-order valence-corrected chi connectivity index (χ0v) is 16.5. The summed E-state index contributed by atoms with van der Waals surface area (Å²) >= 11 is 5.97. The summed E-state index contributed by atoms with van der Waals surface area (Å²) in [5.41, 5.74) is 0.414. The molecule has 27 heavy (non-hydrogen) atoms. The number of likely N-dealkylation sites (N-methyl/N-ethyl adjacent to an activating group) is 1. The average molecular weight is 394 g/mol. The Bertz CT molecular complexity index is 674. The molecular formula is C20H28ClN3O3. The van der Waals surface area contributed by atoms with Gasteiger partial charge in [0.15, 0.2) is 0 Å². The smallest absolute Gasteiger partial charge is 0.239 e. The monoisotopic (exact) mass is 393 g/mol. The predicted octanol–water partition coefficient (Wildman–Crippen LogP) is 1.30. The van der Waals surface area contributed by atoms with Crippen LogP contribution in [0.25, 0.3) is 0 Å². The molecule has 2 amide bonds. The lowest BCUT2D eigenvalue weighted by Gasteiger charge is -2.50. The van der Waals surface area contributed by atoms with E-state index in [1.807, 2.05) is 36.2 Å². The summed E-state index contributed by atoms with van der Waals surface area (Å²) in [7, 11) is 1.98. The fourth-order valence-electron chi connectivity index (χ4n) is 4.07. The van der Waals surface area contributed by atoms with Gasteiger partial charge in [0.1, 0.15) is 0 Å². The minimum atomic E-state index is -0.615. The number of aliphatic hydroxyl groups excluding tert-OH is 1. The quantitative estimate of drug-likeness (QED) is 0.685. The molecule has 0 spiro atoms. The van der Waals surface area contributed by atoms with E-state index < -0.39 is 5.41 Å². The number of rotatable bonds is 7. The van der Waals surface area contributed by atoms with E-state index in [0.717, 1.165) is 24.9 Å². The van der Waals surface area contributed by atoms with Crippen molar-refractivity contribution in [1.29, 1.82) is 0 Å². The third-order valence-electron chi connectivity index (χ3n) is 5.66. The highest BCUT2D eigenvalue weighted by Gasteiger charge is 2.52. The molecule has 0 aliphatic carbocycles. The second-order valence-electron chi connectivity index (χ2n) is 7.75. The highest BCUT2D eigenvalue weighted by atomic mass is 35.5. The number of carbonyl (C=O) groups is 2. The fourth-order valence-corrected chi connectivity index (χ4v) is 4.20. The molecule has 0 saturated carbocycles. The summed E-state index contributed by atoms with van der Waals surface area (Å²) in [5.74, 6) is 0.0830. The highest BCUT2D eigenvalue weighted by molar-refractivity contribution is 6.30. The van der Waals surface area contributed by atoms with Gasteiger partial charge >= 0.3 is 0 Å². The van der Waals surface area contributed by atoms with Crippen LogP contribution >= 0.6 is 11.6 Å². The molecule has 1 atom stereocenters. The van der Waals surface area contributed by atoms with E-state index in [1.54, 1.807) is 0 Å². The maximum Gasteiger partial charge on any atom is 0.239 e. The lowest BCUT2D eigenvalue weighted by atomic mass is 9.73. The molecule has 2 N–H and O–H groups in total. The topological polar surface area (TPSA) is 72.9 Å². The van der Waals surface area contributed by atoms with Gasteiger partial charge in [0.25, 0.3) is 0 Å². The number of halogens is 1. The van der Waals surface area contributed by atoms with Gasteiger partial charge in [-0.25, -0.2) is 0 Å². The van der Waals surface area contributed by atoms with Gasteiger partial charge in [0.2, 0.25) is 11.8 Å². The van der Waals surface area contributed by atoms with Crippen LogP contribution in [0.5, 0.6) is 0 Å². The van der Waals surface area contributed by atoms with Gasteiger partial charge in [-0.05, 0) is 57.0 Å². The number of carbonyl (C=O) groups excluding carboxylic acids is 2. The number of nitrogens with one attached hydrogen (secondary N) is 1. The molecule has 7 heteroatoms. The minimum absolute atomic E-state index is 0.0447. The Balaban J connectivity index is 1.69. The van der Waals surface area contributed by atoms with Crippen LogP contribution in [0.3, 0.4) is 0 Å². The van der Waals surface area contributed by atoms with Gasteiger partial charge in [0, 0.05) is 31.3 Å². The first-order valence-corrected chi connectivity index (χ1v) is 9.96. The average Bonchev–Trinajstić information content (AvgIpc) is 3.05. The minimum Gasteiger partial charge on any atom is -0.396 e. The Kier molecular flexibility index (Phi) is 6.40. The van der Waals surface area contributed by atoms with Crippen LogP contribution in [0.1, 0.15) is 24.8 Å². The van der Waals surface area contributed by atoms with Crippen LogP contribution in [0.15, 0.2) is 24.3 Å². The van der Waals surface area contributed by atoms with E-state index in [9.17, 15) is 9.59 Å². The van der Waals surface area contributed by atoms with Crippen molar-refractivity contribution >= 4 is 23.4 Å². The summed E-state index contributed by atoms with van der Waals surface area (Å²) < 4.78 is 0. The van der Waals surface area contributed by atoms with Crippen LogP contribution in [-0.2, 0) is 16.0 Å². The highest BCUT2D eigenvalue weighted by Crippen LogP contribution is 2.36. The number of likely N-dealkylation sites (tertiary alicyclic amines) is 2. The summed E-state index contributed by atoms with van der Waals surface area (Å²) in [4.78, 5) is 29.6. The molecular weight excluding hydrogens is 366 g/mol. The fraction of sp³-hybridized carbons (Fsp3) is 0.600. The molecule has 0 aromatic heterocycles. The van der Waals surface area contributed by atoms with Crippen molar-refractivity contribution in [3.8, 4) is 0 Å². The van der Waals surface area contributed by atoms with Crippen molar-refractivity contribution in [3.63, 3.8) is 0 Å². The Morgan fingerprint density at radius 3 is 2.59 bits per heavy atom. The molecule has 1 aromatic carbocycles. The first kappa shape index (κ1) is 20.1. The zero-order valence-electron chi connectivity index (χ0n) is 15.8. The summed E-state index contributed by atoms with van der Waals surface area (Å²) in [6.45, 7) is 2.30. The molecule has 2 aliphatic heterocycles. The molecule has 2 fully saturated rings. The van der Waals surface area contributed by atoms with Crippen molar-refractivity contribution in [1.82, 2.24) is 15.1 Å². The van der Waals surface area contributed by atoms with E-state index in [2.05, 4.69) is 10.2 Å².